The van der Waals surface area contributed by atoms with Gasteiger partial charge in [0, 0.05) is 19.6 Å². The highest BCUT2D eigenvalue weighted by Crippen LogP contribution is 2.32. The Kier molecular flexibility index (Phi) is 3.57. The molecule has 1 saturated carbocycles. The van der Waals surface area contributed by atoms with Crippen LogP contribution in [0.15, 0.2) is 0 Å². The minimum Gasteiger partial charge on any atom is -0.395 e. The second kappa shape index (κ2) is 4.96. The van der Waals surface area contributed by atoms with Gasteiger partial charge >= 0.3 is 0 Å². The maximum Gasteiger partial charge on any atom is 0.150 e. The lowest BCUT2D eigenvalue weighted by molar-refractivity contribution is 0.296. The average molecular weight is 238 g/mol. The molecule has 0 unspecified atom stereocenters. The Labute approximate surface area is 102 Å². The Morgan fingerprint density at radius 1 is 1.47 bits per heavy atom. The second-order valence-electron chi connectivity index (χ2n) is 4.80. The number of anilines is 2. The second-order valence-corrected chi connectivity index (χ2v) is 4.80. The molecule has 2 rings (SSSR count). The molecule has 1 aliphatic rings. The lowest BCUT2D eigenvalue weighted by Crippen LogP contribution is -2.37. The first kappa shape index (κ1) is 12.2. The summed E-state index contributed by atoms with van der Waals surface area (Å²) in [4.78, 5) is 2.22. The van der Waals surface area contributed by atoms with Crippen LogP contribution in [-0.4, -0.2) is 34.1 Å². The van der Waals surface area contributed by atoms with Gasteiger partial charge in [0.2, 0.25) is 0 Å². The van der Waals surface area contributed by atoms with Crippen LogP contribution in [-0.2, 0) is 7.05 Å². The molecule has 1 aromatic rings. The monoisotopic (exact) mass is 238 g/mol. The summed E-state index contributed by atoms with van der Waals surface area (Å²) in [6, 6.07) is 0.499. The number of nitrogens with zero attached hydrogens (tertiary/aromatic N) is 3. The normalized spacial score (nSPS) is 16.6. The minimum atomic E-state index is 0.153. The maximum atomic E-state index is 9.23. The summed E-state index contributed by atoms with van der Waals surface area (Å²) >= 11 is 0. The molecule has 0 aromatic carbocycles. The van der Waals surface area contributed by atoms with Crippen molar-refractivity contribution in [1.82, 2.24) is 9.78 Å². The van der Waals surface area contributed by atoms with Crippen molar-refractivity contribution in [3.8, 4) is 0 Å². The SMILES string of the molecule is Cc1nn(C)c(N(CCO)C2CCCC2)c1N. The topological polar surface area (TPSA) is 67.3 Å². The van der Waals surface area contributed by atoms with Gasteiger partial charge in [0.05, 0.1) is 18.0 Å². The van der Waals surface area contributed by atoms with Crippen LogP contribution in [0.25, 0.3) is 0 Å². The van der Waals surface area contributed by atoms with Crippen molar-refractivity contribution in [1.29, 1.82) is 0 Å². The van der Waals surface area contributed by atoms with Gasteiger partial charge in [0.25, 0.3) is 0 Å². The van der Waals surface area contributed by atoms with Gasteiger partial charge < -0.3 is 15.7 Å². The van der Waals surface area contributed by atoms with Gasteiger partial charge in [-0.3, -0.25) is 4.68 Å². The first-order valence-electron chi connectivity index (χ1n) is 6.31. The van der Waals surface area contributed by atoms with E-state index >= 15 is 0 Å². The van der Waals surface area contributed by atoms with Gasteiger partial charge in [-0.05, 0) is 19.8 Å². The molecule has 5 heteroatoms. The van der Waals surface area contributed by atoms with Crippen LogP contribution in [0.3, 0.4) is 0 Å². The first-order valence-corrected chi connectivity index (χ1v) is 6.31. The number of aryl methyl sites for hydroxylation is 2. The van der Waals surface area contributed by atoms with Crippen LogP contribution in [0.1, 0.15) is 31.4 Å². The zero-order chi connectivity index (χ0) is 12.4. The van der Waals surface area contributed by atoms with E-state index in [0.717, 1.165) is 17.2 Å². The third-order valence-electron chi connectivity index (χ3n) is 3.62. The summed E-state index contributed by atoms with van der Waals surface area (Å²) < 4.78 is 1.83. The number of aromatic nitrogens is 2. The Bertz CT molecular complexity index is 382. The van der Waals surface area contributed by atoms with Gasteiger partial charge in [-0.15, -0.1) is 0 Å². The van der Waals surface area contributed by atoms with E-state index < -0.39 is 0 Å². The van der Waals surface area contributed by atoms with Gasteiger partial charge in [-0.25, -0.2) is 0 Å². The minimum absolute atomic E-state index is 0.153. The van der Waals surface area contributed by atoms with E-state index in [1.165, 1.54) is 25.7 Å². The van der Waals surface area contributed by atoms with Crippen molar-refractivity contribution in [3.05, 3.63) is 5.69 Å². The highest BCUT2D eigenvalue weighted by Gasteiger charge is 2.26. The fraction of sp³-hybridized carbons (Fsp3) is 0.750. The molecule has 17 heavy (non-hydrogen) atoms. The molecule has 3 N–H and O–H groups in total. The third kappa shape index (κ3) is 2.24. The molecular weight excluding hydrogens is 216 g/mol. The van der Waals surface area contributed by atoms with E-state index in [0.29, 0.717) is 12.6 Å². The van der Waals surface area contributed by atoms with Gasteiger partial charge in [0.1, 0.15) is 0 Å². The molecule has 0 radical (unpaired) electrons. The molecule has 1 aromatic heterocycles. The molecule has 5 nitrogen and oxygen atoms in total. The van der Waals surface area contributed by atoms with Crippen LogP contribution in [0.5, 0.6) is 0 Å². The van der Waals surface area contributed by atoms with Crippen molar-refractivity contribution < 1.29 is 5.11 Å². The van der Waals surface area contributed by atoms with Gasteiger partial charge in [-0.1, -0.05) is 12.8 Å². The summed E-state index contributed by atoms with van der Waals surface area (Å²) in [5.74, 6) is 0.962. The molecule has 1 aliphatic carbocycles. The molecule has 0 atom stereocenters. The number of aliphatic hydroxyl groups excluding tert-OH is 1. The molecule has 96 valence electrons. The first-order chi connectivity index (χ1) is 8.15. The maximum absolute atomic E-state index is 9.23. The molecule has 0 amide bonds. The Hall–Kier alpha value is -1.23. The number of nitrogens with two attached hydrogens (primary N) is 1. The summed E-state index contributed by atoms with van der Waals surface area (Å²) in [5.41, 5.74) is 7.70. The Morgan fingerprint density at radius 2 is 2.12 bits per heavy atom. The molecule has 0 bridgehead atoms. The van der Waals surface area contributed by atoms with E-state index in [1.807, 2.05) is 18.7 Å². The number of aliphatic hydroxyl groups is 1. The van der Waals surface area contributed by atoms with Crippen LogP contribution >= 0.6 is 0 Å². The molecule has 1 heterocycles. The van der Waals surface area contributed by atoms with Crippen molar-refractivity contribution in [2.75, 3.05) is 23.8 Å². The molecule has 0 aliphatic heterocycles. The lowest BCUT2D eigenvalue weighted by Gasteiger charge is -2.30. The van der Waals surface area contributed by atoms with E-state index in [-0.39, 0.29) is 6.61 Å². The standard InChI is InChI=1S/C12H22N4O/c1-9-11(13)12(15(2)14-9)16(7-8-17)10-5-3-4-6-10/h10,17H,3-8,13H2,1-2H3. The summed E-state index contributed by atoms with van der Waals surface area (Å²) in [6.07, 6.45) is 4.90. The number of hydrogen-bond donors (Lipinski definition) is 2. The van der Waals surface area contributed by atoms with Gasteiger partial charge in [-0.2, -0.15) is 5.10 Å². The average Bonchev–Trinajstić information content (AvgIpc) is 2.88. The van der Waals surface area contributed by atoms with Crippen LogP contribution in [0.4, 0.5) is 11.5 Å². The predicted molar refractivity (Wildman–Crippen MR) is 69.0 cm³/mol. The Balaban J connectivity index is 2.30. The highest BCUT2D eigenvalue weighted by atomic mass is 16.3. The molecule has 0 saturated heterocycles. The quantitative estimate of drug-likeness (QED) is 0.823. The Morgan fingerprint density at radius 3 is 2.59 bits per heavy atom. The highest BCUT2D eigenvalue weighted by molar-refractivity contribution is 5.66. The number of hydrogen-bond acceptors (Lipinski definition) is 4. The van der Waals surface area contributed by atoms with E-state index in [2.05, 4.69) is 10.00 Å². The van der Waals surface area contributed by atoms with Crippen molar-refractivity contribution in [2.45, 2.75) is 38.6 Å². The molecule has 1 fully saturated rings. The predicted octanol–water partition coefficient (Wildman–Crippen LogP) is 1.05. The largest absolute Gasteiger partial charge is 0.395 e. The summed E-state index contributed by atoms with van der Waals surface area (Å²) in [6.45, 7) is 2.71. The third-order valence-corrected chi connectivity index (χ3v) is 3.62. The zero-order valence-electron chi connectivity index (χ0n) is 10.7. The van der Waals surface area contributed by atoms with E-state index in [4.69, 9.17) is 5.73 Å². The molecular formula is C12H22N4O. The number of rotatable bonds is 4. The van der Waals surface area contributed by atoms with Crippen molar-refractivity contribution >= 4 is 11.5 Å². The summed E-state index contributed by atoms with van der Waals surface area (Å²) in [7, 11) is 1.91. The van der Waals surface area contributed by atoms with Crippen LogP contribution < -0.4 is 10.6 Å². The van der Waals surface area contributed by atoms with E-state index in [9.17, 15) is 5.11 Å². The van der Waals surface area contributed by atoms with Crippen molar-refractivity contribution in [3.63, 3.8) is 0 Å². The smallest absolute Gasteiger partial charge is 0.150 e. The summed E-state index contributed by atoms with van der Waals surface area (Å²) in [5, 5.41) is 13.6. The van der Waals surface area contributed by atoms with Crippen LogP contribution in [0.2, 0.25) is 0 Å². The van der Waals surface area contributed by atoms with Gasteiger partial charge in [0.15, 0.2) is 5.82 Å². The fourth-order valence-corrected chi connectivity index (χ4v) is 2.79. The zero-order valence-corrected chi connectivity index (χ0v) is 10.7. The van der Waals surface area contributed by atoms with Crippen LogP contribution in [0, 0.1) is 6.92 Å². The van der Waals surface area contributed by atoms with E-state index in [1.54, 1.807) is 0 Å². The van der Waals surface area contributed by atoms with Crippen molar-refractivity contribution in [2.24, 2.45) is 7.05 Å². The molecule has 0 spiro atoms. The lowest BCUT2D eigenvalue weighted by atomic mass is 10.2. The number of nitrogen functional groups attached to an aromatic ring is 1. The fourth-order valence-electron chi connectivity index (χ4n) is 2.79.